The van der Waals surface area contributed by atoms with Crippen molar-refractivity contribution in [3.05, 3.63) is 29.6 Å². The fourth-order valence-electron chi connectivity index (χ4n) is 1.10. The van der Waals surface area contributed by atoms with Crippen molar-refractivity contribution in [1.82, 2.24) is 0 Å². The van der Waals surface area contributed by atoms with E-state index in [4.69, 9.17) is 14.9 Å². The van der Waals surface area contributed by atoms with Gasteiger partial charge in [0.1, 0.15) is 0 Å². The highest BCUT2D eigenvalue weighted by molar-refractivity contribution is 5.28. The topological polar surface area (TPSA) is 49.7 Å². The molecule has 0 radical (unpaired) electrons. The smallest absolute Gasteiger partial charge is 0.165 e. The van der Waals surface area contributed by atoms with E-state index >= 15 is 0 Å². The molecule has 0 spiro atoms. The first-order chi connectivity index (χ1) is 7.13. The maximum absolute atomic E-state index is 13.3. The minimum atomic E-state index is -0.493. The third kappa shape index (κ3) is 3.85. The molecule has 0 amide bonds. The highest BCUT2D eigenvalue weighted by Gasteiger charge is 2.04. The van der Waals surface area contributed by atoms with E-state index in [1.807, 2.05) is 0 Å². The molecular weight excluding hydrogens is 199 g/mol. The standard InChI is InChI=1S/C11H15FO3/c1-8(14)4-5-15-11-3-2-9(7-13)6-10(11)12/h2-3,6,8,13-14H,4-5,7H2,1H3. The highest BCUT2D eigenvalue weighted by atomic mass is 19.1. The van der Waals surface area contributed by atoms with Gasteiger partial charge >= 0.3 is 0 Å². The summed E-state index contributed by atoms with van der Waals surface area (Å²) in [7, 11) is 0. The summed E-state index contributed by atoms with van der Waals surface area (Å²) in [6, 6.07) is 4.31. The van der Waals surface area contributed by atoms with Gasteiger partial charge in [0.25, 0.3) is 0 Å². The minimum absolute atomic E-state index is 0.146. The van der Waals surface area contributed by atoms with Gasteiger partial charge in [-0.1, -0.05) is 6.07 Å². The van der Waals surface area contributed by atoms with Gasteiger partial charge in [-0.25, -0.2) is 4.39 Å². The maximum atomic E-state index is 13.3. The molecule has 1 atom stereocenters. The lowest BCUT2D eigenvalue weighted by atomic mass is 10.2. The monoisotopic (exact) mass is 214 g/mol. The Hall–Kier alpha value is -1.13. The van der Waals surface area contributed by atoms with Gasteiger partial charge < -0.3 is 14.9 Å². The van der Waals surface area contributed by atoms with Crippen molar-refractivity contribution < 1.29 is 19.3 Å². The summed E-state index contributed by atoms with van der Waals surface area (Å²) < 4.78 is 18.4. The van der Waals surface area contributed by atoms with Crippen molar-refractivity contribution in [3.8, 4) is 5.75 Å². The van der Waals surface area contributed by atoms with Crippen LogP contribution in [-0.2, 0) is 6.61 Å². The van der Waals surface area contributed by atoms with Crippen LogP contribution in [-0.4, -0.2) is 22.9 Å². The van der Waals surface area contributed by atoms with E-state index in [-0.39, 0.29) is 19.0 Å². The van der Waals surface area contributed by atoms with Crippen molar-refractivity contribution in [2.45, 2.75) is 26.1 Å². The zero-order chi connectivity index (χ0) is 11.3. The molecule has 0 heterocycles. The number of aliphatic hydroxyl groups excluding tert-OH is 2. The Morgan fingerprint density at radius 3 is 2.73 bits per heavy atom. The van der Waals surface area contributed by atoms with Gasteiger partial charge in [0.05, 0.1) is 19.3 Å². The predicted octanol–water partition coefficient (Wildman–Crippen LogP) is 1.47. The van der Waals surface area contributed by atoms with Gasteiger partial charge in [-0.15, -0.1) is 0 Å². The molecule has 0 bridgehead atoms. The number of ether oxygens (including phenoxy) is 1. The van der Waals surface area contributed by atoms with Crippen LogP contribution in [0.3, 0.4) is 0 Å². The largest absolute Gasteiger partial charge is 0.490 e. The van der Waals surface area contributed by atoms with Gasteiger partial charge in [0.2, 0.25) is 0 Å². The molecule has 0 aliphatic carbocycles. The van der Waals surface area contributed by atoms with E-state index in [1.165, 1.54) is 12.1 Å². The van der Waals surface area contributed by atoms with Gasteiger partial charge in [-0.2, -0.15) is 0 Å². The predicted molar refractivity (Wildman–Crippen MR) is 54.1 cm³/mol. The fraction of sp³-hybridized carbons (Fsp3) is 0.455. The SMILES string of the molecule is CC(O)CCOc1ccc(CO)cc1F. The summed E-state index contributed by atoms with van der Waals surface area (Å²) in [4.78, 5) is 0. The van der Waals surface area contributed by atoms with Crippen molar-refractivity contribution in [2.24, 2.45) is 0 Å². The van der Waals surface area contributed by atoms with Crippen LogP contribution >= 0.6 is 0 Å². The molecule has 0 saturated carbocycles. The zero-order valence-corrected chi connectivity index (χ0v) is 8.61. The van der Waals surface area contributed by atoms with E-state index in [2.05, 4.69) is 0 Å². The van der Waals surface area contributed by atoms with E-state index < -0.39 is 11.9 Å². The first-order valence-corrected chi connectivity index (χ1v) is 4.83. The highest BCUT2D eigenvalue weighted by Crippen LogP contribution is 2.18. The van der Waals surface area contributed by atoms with Crippen LogP contribution in [0.15, 0.2) is 18.2 Å². The van der Waals surface area contributed by atoms with E-state index in [0.717, 1.165) is 0 Å². The number of hydrogen-bond donors (Lipinski definition) is 2. The van der Waals surface area contributed by atoms with Crippen LogP contribution in [0.2, 0.25) is 0 Å². The second-order valence-electron chi connectivity index (χ2n) is 3.41. The Balaban J connectivity index is 2.54. The molecule has 15 heavy (non-hydrogen) atoms. The number of benzene rings is 1. The normalized spacial score (nSPS) is 12.5. The summed E-state index contributed by atoms with van der Waals surface area (Å²) in [5, 5.41) is 17.7. The van der Waals surface area contributed by atoms with Crippen molar-refractivity contribution in [2.75, 3.05) is 6.61 Å². The fourth-order valence-corrected chi connectivity index (χ4v) is 1.10. The second-order valence-corrected chi connectivity index (χ2v) is 3.41. The number of rotatable bonds is 5. The Kier molecular flexibility index (Phi) is 4.52. The average Bonchev–Trinajstić information content (AvgIpc) is 2.20. The summed E-state index contributed by atoms with van der Waals surface area (Å²) in [6.07, 6.45) is 0.00560. The van der Waals surface area contributed by atoms with Crippen LogP contribution in [0.5, 0.6) is 5.75 Å². The molecule has 1 aromatic carbocycles. The Bertz CT molecular complexity index is 313. The molecule has 4 heteroatoms. The molecule has 0 fully saturated rings. The average molecular weight is 214 g/mol. The first-order valence-electron chi connectivity index (χ1n) is 4.83. The second kappa shape index (κ2) is 5.68. The van der Waals surface area contributed by atoms with Gasteiger partial charge in [0.15, 0.2) is 11.6 Å². The number of hydrogen-bond acceptors (Lipinski definition) is 3. The lowest BCUT2D eigenvalue weighted by Crippen LogP contribution is -2.08. The van der Waals surface area contributed by atoms with E-state index in [9.17, 15) is 4.39 Å². The third-order valence-electron chi connectivity index (χ3n) is 1.97. The van der Waals surface area contributed by atoms with Crippen molar-refractivity contribution in [1.29, 1.82) is 0 Å². The van der Waals surface area contributed by atoms with Crippen molar-refractivity contribution in [3.63, 3.8) is 0 Å². The van der Waals surface area contributed by atoms with Crippen LogP contribution in [0.4, 0.5) is 4.39 Å². The summed E-state index contributed by atoms with van der Waals surface area (Å²) in [5.74, 6) is -0.347. The van der Waals surface area contributed by atoms with Crippen LogP contribution in [0, 0.1) is 5.82 Å². The molecule has 0 aliphatic rings. The molecular formula is C11H15FO3. The van der Waals surface area contributed by atoms with E-state index in [0.29, 0.717) is 12.0 Å². The first kappa shape index (κ1) is 11.9. The minimum Gasteiger partial charge on any atom is -0.490 e. The molecule has 1 unspecified atom stereocenters. The maximum Gasteiger partial charge on any atom is 0.165 e. The van der Waals surface area contributed by atoms with Crippen molar-refractivity contribution >= 4 is 0 Å². The van der Waals surface area contributed by atoms with Crippen LogP contribution in [0.1, 0.15) is 18.9 Å². The van der Waals surface area contributed by atoms with Gasteiger partial charge in [-0.05, 0) is 24.6 Å². The Labute approximate surface area is 88.1 Å². The Morgan fingerprint density at radius 2 is 2.20 bits per heavy atom. The summed E-state index contributed by atoms with van der Waals surface area (Å²) in [6.45, 7) is 1.73. The van der Waals surface area contributed by atoms with Gasteiger partial charge in [0, 0.05) is 6.42 Å². The van der Waals surface area contributed by atoms with Crippen LogP contribution < -0.4 is 4.74 Å². The summed E-state index contributed by atoms with van der Waals surface area (Å²) >= 11 is 0. The van der Waals surface area contributed by atoms with Gasteiger partial charge in [-0.3, -0.25) is 0 Å². The number of aliphatic hydroxyl groups is 2. The molecule has 84 valence electrons. The molecule has 2 N–H and O–H groups in total. The Morgan fingerprint density at radius 1 is 1.47 bits per heavy atom. The summed E-state index contributed by atoms with van der Waals surface area (Å²) in [5.41, 5.74) is 0.510. The third-order valence-corrected chi connectivity index (χ3v) is 1.97. The quantitative estimate of drug-likeness (QED) is 0.780. The van der Waals surface area contributed by atoms with E-state index in [1.54, 1.807) is 13.0 Å². The molecule has 1 rings (SSSR count). The molecule has 3 nitrogen and oxygen atoms in total. The zero-order valence-electron chi connectivity index (χ0n) is 8.61. The molecule has 0 aliphatic heterocycles. The molecule has 0 saturated heterocycles. The lowest BCUT2D eigenvalue weighted by Gasteiger charge is -2.09. The van der Waals surface area contributed by atoms with Crippen LogP contribution in [0.25, 0.3) is 0 Å². The molecule has 1 aromatic rings. The lowest BCUT2D eigenvalue weighted by molar-refractivity contribution is 0.154. The number of halogens is 1. The molecule has 0 aromatic heterocycles.